The minimum atomic E-state index is 0.888. The van der Waals surface area contributed by atoms with E-state index >= 15 is 0 Å². The first-order valence-corrected chi connectivity index (χ1v) is 8.38. The number of hydrogen-bond donors (Lipinski definition) is 1. The van der Waals surface area contributed by atoms with Crippen LogP contribution in [0, 0.1) is 0 Å². The molecule has 0 aliphatic carbocycles. The molecule has 124 valence electrons. The second-order valence-electron chi connectivity index (χ2n) is 6.03. The number of benzene rings is 1. The van der Waals surface area contributed by atoms with Crippen molar-refractivity contribution in [1.29, 1.82) is 0 Å². The predicted molar refractivity (Wildman–Crippen MR) is 101 cm³/mol. The summed E-state index contributed by atoms with van der Waals surface area (Å²) in [4.78, 5) is 8.95. The Hall–Kier alpha value is -3.73. The van der Waals surface area contributed by atoms with Crippen LogP contribution in [0.15, 0.2) is 85.5 Å². The first-order chi connectivity index (χ1) is 12.9. The van der Waals surface area contributed by atoms with Crippen LogP contribution in [0.1, 0.15) is 0 Å². The van der Waals surface area contributed by atoms with E-state index in [0.29, 0.717) is 0 Å². The maximum atomic E-state index is 4.50. The molecule has 0 fully saturated rings. The molecule has 0 atom stereocenters. The van der Waals surface area contributed by atoms with E-state index in [1.165, 1.54) is 0 Å². The van der Waals surface area contributed by atoms with Gasteiger partial charge in [0.2, 0.25) is 0 Å². The van der Waals surface area contributed by atoms with E-state index in [0.717, 1.165) is 39.4 Å². The SMILES string of the molecule is c1ccc(-c2[nH]ncc2-c2ccc3ncc(-c4ccccn4)n3c2)cc1. The summed E-state index contributed by atoms with van der Waals surface area (Å²) in [6, 6.07) is 20.2. The lowest BCUT2D eigenvalue weighted by molar-refractivity contribution is 1.10. The Balaban J connectivity index is 1.67. The zero-order chi connectivity index (χ0) is 17.3. The molecule has 0 saturated heterocycles. The number of imidazole rings is 1. The highest BCUT2D eigenvalue weighted by atomic mass is 15.1. The van der Waals surface area contributed by atoms with Gasteiger partial charge in [-0.1, -0.05) is 36.4 Å². The highest BCUT2D eigenvalue weighted by Crippen LogP contribution is 2.31. The number of hydrogen-bond acceptors (Lipinski definition) is 3. The fourth-order valence-electron chi connectivity index (χ4n) is 3.17. The number of aromatic amines is 1. The Morgan fingerprint density at radius 1 is 0.769 bits per heavy atom. The molecule has 5 rings (SSSR count). The number of rotatable bonds is 3. The van der Waals surface area contributed by atoms with E-state index < -0.39 is 0 Å². The van der Waals surface area contributed by atoms with Gasteiger partial charge in [-0.15, -0.1) is 0 Å². The van der Waals surface area contributed by atoms with E-state index in [2.05, 4.69) is 49.0 Å². The Morgan fingerprint density at radius 2 is 1.65 bits per heavy atom. The molecule has 4 heterocycles. The van der Waals surface area contributed by atoms with Crippen LogP contribution in [-0.2, 0) is 0 Å². The monoisotopic (exact) mass is 337 g/mol. The predicted octanol–water partition coefficient (Wildman–Crippen LogP) is 4.45. The summed E-state index contributed by atoms with van der Waals surface area (Å²) in [7, 11) is 0. The van der Waals surface area contributed by atoms with E-state index in [4.69, 9.17) is 0 Å². The Bertz CT molecular complexity index is 1170. The molecule has 0 aliphatic rings. The zero-order valence-corrected chi connectivity index (χ0v) is 13.9. The summed E-state index contributed by atoms with van der Waals surface area (Å²) in [6.45, 7) is 0. The van der Waals surface area contributed by atoms with Gasteiger partial charge in [-0.3, -0.25) is 14.5 Å². The Labute approximate surface area is 150 Å². The van der Waals surface area contributed by atoms with Crippen LogP contribution in [-0.4, -0.2) is 24.6 Å². The van der Waals surface area contributed by atoms with Crippen LogP contribution in [0.2, 0.25) is 0 Å². The molecule has 5 aromatic rings. The molecule has 5 nitrogen and oxygen atoms in total. The molecule has 0 unspecified atom stereocenters. The van der Waals surface area contributed by atoms with Crippen molar-refractivity contribution >= 4 is 5.65 Å². The van der Waals surface area contributed by atoms with Crippen LogP contribution in [0.5, 0.6) is 0 Å². The van der Waals surface area contributed by atoms with Gasteiger partial charge in [-0.25, -0.2) is 4.98 Å². The molecule has 0 bridgehead atoms. The average molecular weight is 337 g/mol. The highest BCUT2D eigenvalue weighted by molar-refractivity contribution is 5.80. The first kappa shape index (κ1) is 14.6. The van der Waals surface area contributed by atoms with Crippen molar-refractivity contribution < 1.29 is 0 Å². The van der Waals surface area contributed by atoms with Crippen LogP contribution in [0.4, 0.5) is 0 Å². The number of nitrogens with one attached hydrogen (secondary N) is 1. The van der Waals surface area contributed by atoms with Crippen molar-refractivity contribution in [3.63, 3.8) is 0 Å². The van der Waals surface area contributed by atoms with Crippen LogP contribution < -0.4 is 0 Å². The molecule has 0 aliphatic heterocycles. The third kappa shape index (κ3) is 2.38. The standard InChI is InChI=1S/C21H15N5/c1-2-6-15(7-3-1)21-17(12-24-25-21)16-9-10-20-23-13-19(26(20)14-16)18-8-4-5-11-22-18/h1-14H,(H,24,25). The minimum absolute atomic E-state index is 0.888. The fraction of sp³-hybridized carbons (Fsp3) is 0. The summed E-state index contributed by atoms with van der Waals surface area (Å²) < 4.78 is 2.07. The number of H-pyrrole nitrogens is 1. The fourth-order valence-corrected chi connectivity index (χ4v) is 3.17. The summed E-state index contributed by atoms with van der Waals surface area (Å²) in [6.07, 6.45) is 7.60. The van der Waals surface area contributed by atoms with Gasteiger partial charge in [0, 0.05) is 29.1 Å². The summed E-state index contributed by atoms with van der Waals surface area (Å²) in [5, 5.41) is 7.38. The van der Waals surface area contributed by atoms with Gasteiger partial charge in [0.25, 0.3) is 0 Å². The molecule has 1 N–H and O–H groups in total. The van der Waals surface area contributed by atoms with Gasteiger partial charge in [-0.05, 0) is 24.3 Å². The van der Waals surface area contributed by atoms with Gasteiger partial charge in [0.15, 0.2) is 0 Å². The second kappa shape index (κ2) is 5.97. The second-order valence-corrected chi connectivity index (χ2v) is 6.03. The van der Waals surface area contributed by atoms with Gasteiger partial charge >= 0.3 is 0 Å². The van der Waals surface area contributed by atoms with Crippen molar-refractivity contribution in [1.82, 2.24) is 24.6 Å². The lowest BCUT2D eigenvalue weighted by atomic mass is 10.0. The minimum Gasteiger partial charge on any atom is -0.298 e. The number of aromatic nitrogens is 5. The highest BCUT2D eigenvalue weighted by Gasteiger charge is 2.12. The maximum absolute atomic E-state index is 4.50. The number of fused-ring (bicyclic) bond motifs is 1. The molecule has 0 amide bonds. The topological polar surface area (TPSA) is 58.9 Å². The summed E-state index contributed by atoms with van der Waals surface area (Å²) in [5.74, 6) is 0. The van der Waals surface area contributed by atoms with Crippen LogP contribution in [0.3, 0.4) is 0 Å². The van der Waals surface area contributed by atoms with E-state index in [1.807, 2.05) is 54.9 Å². The average Bonchev–Trinajstić information content (AvgIpc) is 3.36. The molecule has 26 heavy (non-hydrogen) atoms. The molecular formula is C21H15N5. The summed E-state index contributed by atoms with van der Waals surface area (Å²) in [5.41, 5.74) is 6.98. The number of nitrogens with zero attached hydrogens (tertiary/aromatic N) is 4. The maximum Gasteiger partial charge on any atom is 0.137 e. The molecule has 5 heteroatoms. The van der Waals surface area contributed by atoms with Crippen LogP contribution >= 0.6 is 0 Å². The molecule has 4 aromatic heterocycles. The molecule has 0 spiro atoms. The zero-order valence-electron chi connectivity index (χ0n) is 13.9. The van der Waals surface area contributed by atoms with Crippen LogP contribution in [0.25, 0.3) is 39.4 Å². The van der Waals surface area contributed by atoms with Crippen molar-refractivity contribution in [3.8, 4) is 33.8 Å². The van der Waals surface area contributed by atoms with E-state index in [-0.39, 0.29) is 0 Å². The van der Waals surface area contributed by atoms with E-state index in [9.17, 15) is 0 Å². The van der Waals surface area contributed by atoms with E-state index in [1.54, 1.807) is 6.20 Å². The van der Waals surface area contributed by atoms with Gasteiger partial charge < -0.3 is 0 Å². The Kier molecular flexibility index (Phi) is 3.35. The Morgan fingerprint density at radius 3 is 2.50 bits per heavy atom. The largest absolute Gasteiger partial charge is 0.298 e. The molecule has 0 radical (unpaired) electrons. The van der Waals surface area contributed by atoms with Crippen molar-refractivity contribution in [2.45, 2.75) is 0 Å². The smallest absolute Gasteiger partial charge is 0.137 e. The summed E-state index contributed by atoms with van der Waals surface area (Å²) >= 11 is 0. The number of pyridine rings is 2. The normalized spacial score (nSPS) is 11.1. The lowest BCUT2D eigenvalue weighted by Gasteiger charge is -2.06. The third-order valence-corrected chi connectivity index (χ3v) is 4.45. The lowest BCUT2D eigenvalue weighted by Crippen LogP contribution is -1.92. The van der Waals surface area contributed by atoms with Crippen molar-refractivity contribution in [2.75, 3.05) is 0 Å². The van der Waals surface area contributed by atoms with Crippen molar-refractivity contribution in [2.24, 2.45) is 0 Å². The quantitative estimate of drug-likeness (QED) is 0.529. The van der Waals surface area contributed by atoms with Gasteiger partial charge in [0.1, 0.15) is 5.65 Å². The van der Waals surface area contributed by atoms with Gasteiger partial charge in [0.05, 0.1) is 29.5 Å². The third-order valence-electron chi connectivity index (χ3n) is 4.45. The molecule has 0 saturated carbocycles. The molecular weight excluding hydrogens is 322 g/mol. The van der Waals surface area contributed by atoms with Crippen molar-refractivity contribution in [3.05, 3.63) is 85.5 Å². The molecule has 1 aromatic carbocycles. The first-order valence-electron chi connectivity index (χ1n) is 8.38. The van der Waals surface area contributed by atoms with Gasteiger partial charge in [-0.2, -0.15) is 5.10 Å².